The molecule has 0 bridgehead atoms. The largest absolute Gasteiger partial charge is 0.439 e. The van der Waals surface area contributed by atoms with Crippen molar-refractivity contribution in [2.75, 3.05) is 13.2 Å². The van der Waals surface area contributed by atoms with Crippen LogP contribution in [0.2, 0.25) is 5.22 Å². The van der Waals surface area contributed by atoms with E-state index in [1.807, 2.05) is 0 Å². The molecule has 5 heteroatoms. The molecule has 1 aliphatic heterocycles. The molecule has 0 unspecified atom stereocenters. The van der Waals surface area contributed by atoms with Crippen molar-refractivity contribution in [3.05, 3.63) is 23.1 Å². The maximum absolute atomic E-state index is 11.7. The first-order valence-corrected chi connectivity index (χ1v) is 4.85. The summed E-state index contributed by atoms with van der Waals surface area (Å²) in [7, 11) is 0. The average Bonchev–Trinajstić information content (AvgIpc) is 2.65. The molecule has 0 aliphatic carbocycles. The van der Waals surface area contributed by atoms with Crippen LogP contribution in [0.15, 0.2) is 16.5 Å². The Morgan fingerprint density at radius 3 is 2.86 bits per heavy atom. The summed E-state index contributed by atoms with van der Waals surface area (Å²) >= 11 is 5.57. The number of rotatable bonds is 1. The van der Waals surface area contributed by atoms with Crippen molar-refractivity contribution in [3.8, 4) is 0 Å². The molecule has 1 amide bonds. The first-order chi connectivity index (χ1) is 6.77. The van der Waals surface area contributed by atoms with Gasteiger partial charge in [0.15, 0.2) is 11.0 Å². The summed E-state index contributed by atoms with van der Waals surface area (Å²) in [6, 6.07) is 3.08. The molecule has 0 aromatic carbocycles. The van der Waals surface area contributed by atoms with Crippen molar-refractivity contribution in [1.82, 2.24) is 5.06 Å². The standard InChI is InChI=1S/C9H10ClNO3/c10-8-4-3-7(14-8)9(12)11-5-1-2-6-13-11/h3-4H,1-2,5-6H2. The fraction of sp³-hybridized carbons (Fsp3) is 0.444. The molecule has 1 aromatic rings. The van der Waals surface area contributed by atoms with Crippen molar-refractivity contribution in [2.45, 2.75) is 12.8 Å². The molecular formula is C9H10ClNO3. The molecule has 14 heavy (non-hydrogen) atoms. The van der Waals surface area contributed by atoms with Crippen LogP contribution >= 0.6 is 11.6 Å². The Morgan fingerprint density at radius 1 is 1.43 bits per heavy atom. The maximum atomic E-state index is 11.7. The first kappa shape index (κ1) is 9.55. The third-order valence-electron chi connectivity index (χ3n) is 2.01. The van der Waals surface area contributed by atoms with Gasteiger partial charge >= 0.3 is 5.91 Å². The summed E-state index contributed by atoms with van der Waals surface area (Å²) in [5, 5.41) is 1.53. The van der Waals surface area contributed by atoms with Gasteiger partial charge in [0.05, 0.1) is 6.61 Å². The zero-order valence-corrected chi connectivity index (χ0v) is 8.29. The molecule has 1 aliphatic rings. The third kappa shape index (κ3) is 1.91. The molecule has 2 rings (SSSR count). The summed E-state index contributed by atoms with van der Waals surface area (Å²) in [4.78, 5) is 16.8. The van der Waals surface area contributed by atoms with E-state index >= 15 is 0 Å². The first-order valence-electron chi connectivity index (χ1n) is 4.47. The van der Waals surface area contributed by atoms with Crippen LogP contribution < -0.4 is 0 Å². The van der Waals surface area contributed by atoms with E-state index in [0.29, 0.717) is 13.2 Å². The lowest BCUT2D eigenvalue weighted by Crippen LogP contribution is -2.35. The number of hydrogen-bond acceptors (Lipinski definition) is 3. The van der Waals surface area contributed by atoms with E-state index in [1.54, 1.807) is 12.1 Å². The number of furan rings is 1. The van der Waals surface area contributed by atoms with Crippen molar-refractivity contribution >= 4 is 17.5 Å². The van der Waals surface area contributed by atoms with Gasteiger partial charge in [0.2, 0.25) is 0 Å². The Balaban J connectivity index is 2.07. The Hall–Kier alpha value is -1.00. The Labute approximate surface area is 86.3 Å². The van der Waals surface area contributed by atoms with Crippen LogP contribution in [0.4, 0.5) is 0 Å². The maximum Gasteiger partial charge on any atom is 0.313 e. The van der Waals surface area contributed by atoms with Gasteiger partial charge in [-0.2, -0.15) is 0 Å². The molecule has 1 saturated heterocycles. The van der Waals surface area contributed by atoms with Gasteiger partial charge in [-0.15, -0.1) is 0 Å². The van der Waals surface area contributed by atoms with E-state index in [0.717, 1.165) is 12.8 Å². The minimum absolute atomic E-state index is 0.213. The van der Waals surface area contributed by atoms with Crippen LogP contribution in [0.5, 0.6) is 0 Å². The van der Waals surface area contributed by atoms with E-state index in [1.165, 1.54) is 5.06 Å². The molecule has 2 heterocycles. The molecule has 0 atom stereocenters. The fourth-order valence-electron chi connectivity index (χ4n) is 1.31. The van der Waals surface area contributed by atoms with Gasteiger partial charge in [-0.25, -0.2) is 5.06 Å². The second-order valence-corrected chi connectivity index (χ2v) is 3.42. The summed E-state index contributed by atoms with van der Waals surface area (Å²) in [6.07, 6.45) is 1.95. The fourth-order valence-corrected chi connectivity index (χ4v) is 1.46. The second-order valence-electron chi connectivity index (χ2n) is 3.05. The number of hydroxylamine groups is 2. The second kappa shape index (κ2) is 4.02. The van der Waals surface area contributed by atoms with Gasteiger partial charge in [0.1, 0.15) is 0 Å². The van der Waals surface area contributed by atoms with Crippen molar-refractivity contribution in [1.29, 1.82) is 0 Å². The topological polar surface area (TPSA) is 42.7 Å². The number of amides is 1. The predicted molar refractivity (Wildman–Crippen MR) is 49.9 cm³/mol. The van der Waals surface area contributed by atoms with Crippen LogP contribution in [-0.2, 0) is 4.84 Å². The van der Waals surface area contributed by atoms with Gasteiger partial charge in [0.25, 0.3) is 0 Å². The Kier molecular flexibility index (Phi) is 2.74. The number of carbonyl (C=O) groups is 1. The van der Waals surface area contributed by atoms with Crippen LogP contribution in [0.3, 0.4) is 0 Å². The quantitative estimate of drug-likeness (QED) is 0.721. The number of halogens is 1. The molecule has 1 fully saturated rings. The number of carbonyl (C=O) groups excluding carboxylic acids is 1. The molecule has 0 saturated carbocycles. The van der Waals surface area contributed by atoms with Gasteiger partial charge in [-0.3, -0.25) is 9.63 Å². The number of nitrogens with zero attached hydrogens (tertiary/aromatic N) is 1. The van der Waals surface area contributed by atoms with E-state index in [2.05, 4.69) is 0 Å². The van der Waals surface area contributed by atoms with E-state index in [4.69, 9.17) is 20.9 Å². The third-order valence-corrected chi connectivity index (χ3v) is 2.22. The molecule has 0 radical (unpaired) electrons. The minimum atomic E-state index is -0.267. The van der Waals surface area contributed by atoms with Crippen LogP contribution in [0.1, 0.15) is 23.4 Å². The van der Waals surface area contributed by atoms with Crippen molar-refractivity contribution < 1.29 is 14.0 Å². The van der Waals surface area contributed by atoms with Crippen molar-refractivity contribution in [2.24, 2.45) is 0 Å². The SMILES string of the molecule is O=C(c1ccc(Cl)o1)N1CCCCO1. The van der Waals surface area contributed by atoms with Gasteiger partial charge in [0, 0.05) is 6.54 Å². The van der Waals surface area contributed by atoms with E-state index in [9.17, 15) is 4.79 Å². The zero-order chi connectivity index (χ0) is 9.97. The zero-order valence-electron chi connectivity index (χ0n) is 7.53. The summed E-state index contributed by atoms with van der Waals surface area (Å²) in [5.74, 6) is -0.0477. The molecule has 0 spiro atoms. The summed E-state index contributed by atoms with van der Waals surface area (Å²) in [6.45, 7) is 1.19. The number of hydrogen-bond donors (Lipinski definition) is 0. The normalized spacial score (nSPS) is 17.1. The molecular weight excluding hydrogens is 206 g/mol. The van der Waals surface area contributed by atoms with Gasteiger partial charge in [-0.05, 0) is 36.6 Å². The highest BCUT2D eigenvalue weighted by Gasteiger charge is 2.21. The molecule has 76 valence electrons. The average molecular weight is 216 g/mol. The lowest BCUT2D eigenvalue weighted by atomic mass is 10.3. The molecule has 4 nitrogen and oxygen atoms in total. The van der Waals surface area contributed by atoms with Crippen LogP contribution in [0, 0.1) is 0 Å². The summed E-state index contributed by atoms with van der Waals surface area (Å²) in [5.41, 5.74) is 0. The molecule has 1 aromatic heterocycles. The smallest absolute Gasteiger partial charge is 0.313 e. The van der Waals surface area contributed by atoms with E-state index < -0.39 is 0 Å². The predicted octanol–water partition coefficient (Wildman–Crippen LogP) is 2.10. The van der Waals surface area contributed by atoms with Crippen LogP contribution in [0.25, 0.3) is 0 Å². The highest BCUT2D eigenvalue weighted by Crippen LogP contribution is 2.17. The highest BCUT2D eigenvalue weighted by molar-refractivity contribution is 6.29. The molecule has 0 N–H and O–H groups in total. The van der Waals surface area contributed by atoms with E-state index in [-0.39, 0.29) is 16.9 Å². The van der Waals surface area contributed by atoms with Gasteiger partial charge in [-0.1, -0.05) is 0 Å². The lowest BCUT2D eigenvalue weighted by Gasteiger charge is -2.24. The monoisotopic (exact) mass is 215 g/mol. The lowest BCUT2D eigenvalue weighted by molar-refractivity contribution is -0.145. The Morgan fingerprint density at radius 2 is 2.29 bits per heavy atom. The minimum Gasteiger partial charge on any atom is -0.439 e. The van der Waals surface area contributed by atoms with Gasteiger partial charge < -0.3 is 4.42 Å². The van der Waals surface area contributed by atoms with Crippen molar-refractivity contribution in [3.63, 3.8) is 0 Å². The Bertz CT molecular complexity index is 331. The highest BCUT2D eigenvalue weighted by atomic mass is 35.5. The summed E-state index contributed by atoms with van der Waals surface area (Å²) < 4.78 is 4.99. The van der Waals surface area contributed by atoms with Crippen LogP contribution in [-0.4, -0.2) is 24.1 Å².